The first kappa shape index (κ1) is 15.1. The van der Waals surface area contributed by atoms with E-state index in [-0.39, 0.29) is 11.2 Å². The fraction of sp³-hybridized carbons (Fsp3) is 0.333. The Morgan fingerprint density at radius 2 is 1.57 bits per heavy atom. The fourth-order valence-electron chi connectivity index (χ4n) is 2.94. The SMILES string of the molecule is CC1(C)OB(c2cc(Cl)c3c(c2)oc2ccccc23)OC1(C)C. The van der Waals surface area contributed by atoms with Crippen molar-refractivity contribution in [2.75, 3.05) is 0 Å². The highest BCUT2D eigenvalue weighted by atomic mass is 35.5. The third-order valence-electron chi connectivity index (χ3n) is 4.98. The van der Waals surface area contributed by atoms with Crippen LogP contribution in [0.15, 0.2) is 40.8 Å². The molecule has 0 spiro atoms. The topological polar surface area (TPSA) is 31.6 Å². The summed E-state index contributed by atoms with van der Waals surface area (Å²) in [6.07, 6.45) is 0. The van der Waals surface area contributed by atoms with Crippen LogP contribution in [0.1, 0.15) is 27.7 Å². The first-order valence-corrected chi connectivity index (χ1v) is 8.13. The molecule has 1 fully saturated rings. The summed E-state index contributed by atoms with van der Waals surface area (Å²) in [5.74, 6) is 0. The van der Waals surface area contributed by atoms with Gasteiger partial charge in [0.15, 0.2) is 0 Å². The van der Waals surface area contributed by atoms with E-state index >= 15 is 0 Å². The molecule has 1 aliphatic heterocycles. The van der Waals surface area contributed by atoms with Crippen molar-refractivity contribution in [3.05, 3.63) is 41.4 Å². The van der Waals surface area contributed by atoms with E-state index in [9.17, 15) is 0 Å². The van der Waals surface area contributed by atoms with E-state index in [0.29, 0.717) is 5.02 Å². The van der Waals surface area contributed by atoms with Gasteiger partial charge in [0.1, 0.15) is 11.2 Å². The normalized spacial score (nSPS) is 19.8. The Morgan fingerprint density at radius 1 is 0.913 bits per heavy atom. The fourth-order valence-corrected chi connectivity index (χ4v) is 3.26. The number of hydrogen-bond donors (Lipinski definition) is 0. The van der Waals surface area contributed by atoms with Crippen molar-refractivity contribution in [2.45, 2.75) is 38.9 Å². The monoisotopic (exact) mass is 328 g/mol. The van der Waals surface area contributed by atoms with Gasteiger partial charge < -0.3 is 13.7 Å². The second kappa shape index (κ2) is 4.76. The molecule has 0 saturated carbocycles. The maximum absolute atomic E-state index is 6.53. The van der Waals surface area contributed by atoms with Gasteiger partial charge in [-0.05, 0) is 51.4 Å². The number of benzene rings is 2. The molecule has 1 aromatic heterocycles. The molecule has 0 bridgehead atoms. The average Bonchev–Trinajstić information content (AvgIpc) is 2.93. The van der Waals surface area contributed by atoms with E-state index in [0.717, 1.165) is 27.4 Å². The van der Waals surface area contributed by atoms with Crippen molar-refractivity contribution in [1.29, 1.82) is 0 Å². The lowest BCUT2D eigenvalue weighted by Gasteiger charge is -2.32. The van der Waals surface area contributed by atoms with Crippen molar-refractivity contribution < 1.29 is 13.7 Å². The minimum absolute atomic E-state index is 0.382. The van der Waals surface area contributed by atoms with Crippen LogP contribution in [0, 0.1) is 0 Å². The summed E-state index contributed by atoms with van der Waals surface area (Å²) < 4.78 is 18.2. The van der Waals surface area contributed by atoms with Crippen LogP contribution < -0.4 is 5.46 Å². The van der Waals surface area contributed by atoms with Crippen molar-refractivity contribution in [3.8, 4) is 0 Å². The quantitative estimate of drug-likeness (QED) is 0.615. The van der Waals surface area contributed by atoms with E-state index in [4.69, 9.17) is 25.3 Å². The predicted molar refractivity (Wildman–Crippen MR) is 94.4 cm³/mol. The number of hydrogen-bond acceptors (Lipinski definition) is 3. The summed E-state index contributed by atoms with van der Waals surface area (Å²) in [6, 6.07) is 11.8. The van der Waals surface area contributed by atoms with Gasteiger partial charge in [0.05, 0.1) is 16.2 Å². The highest BCUT2D eigenvalue weighted by Crippen LogP contribution is 2.38. The molecule has 1 saturated heterocycles. The Hall–Kier alpha value is -1.49. The van der Waals surface area contributed by atoms with Gasteiger partial charge in [-0.2, -0.15) is 0 Å². The van der Waals surface area contributed by atoms with Crippen LogP contribution in [0.25, 0.3) is 21.9 Å². The molecule has 2 aromatic carbocycles. The van der Waals surface area contributed by atoms with Crippen molar-refractivity contribution in [1.82, 2.24) is 0 Å². The maximum atomic E-state index is 6.53. The Morgan fingerprint density at radius 3 is 2.26 bits per heavy atom. The summed E-state index contributed by atoms with van der Waals surface area (Å²) in [6.45, 7) is 8.14. The Labute approximate surface area is 140 Å². The highest BCUT2D eigenvalue weighted by Gasteiger charge is 2.51. The van der Waals surface area contributed by atoms with E-state index in [1.54, 1.807) is 0 Å². The lowest BCUT2D eigenvalue weighted by molar-refractivity contribution is 0.00578. The van der Waals surface area contributed by atoms with Crippen LogP contribution in [-0.2, 0) is 9.31 Å². The largest absolute Gasteiger partial charge is 0.495 e. The number of furan rings is 1. The second-order valence-corrected chi connectivity index (χ2v) is 7.47. The van der Waals surface area contributed by atoms with E-state index < -0.39 is 7.12 Å². The molecular formula is C18H18BClO3. The van der Waals surface area contributed by atoms with Gasteiger partial charge >= 0.3 is 7.12 Å². The standard InChI is InChI=1S/C18H18BClO3/c1-17(2)18(3,4)23-19(22-17)11-9-13(20)16-12-7-5-6-8-14(12)21-15(16)10-11/h5-10H,1-4H3. The van der Waals surface area contributed by atoms with Gasteiger partial charge in [0.2, 0.25) is 0 Å². The van der Waals surface area contributed by atoms with Gasteiger partial charge in [-0.25, -0.2) is 0 Å². The zero-order chi connectivity index (χ0) is 16.4. The third kappa shape index (κ3) is 2.20. The minimum atomic E-state index is -0.449. The molecule has 23 heavy (non-hydrogen) atoms. The van der Waals surface area contributed by atoms with Gasteiger partial charge in [0, 0.05) is 10.8 Å². The number of rotatable bonds is 1. The smallest absolute Gasteiger partial charge is 0.456 e. The van der Waals surface area contributed by atoms with E-state index in [2.05, 4.69) is 0 Å². The predicted octanol–water partition coefficient (Wildman–Crippen LogP) is 4.54. The zero-order valence-electron chi connectivity index (χ0n) is 13.6. The van der Waals surface area contributed by atoms with Gasteiger partial charge in [0.25, 0.3) is 0 Å². The van der Waals surface area contributed by atoms with Crippen LogP contribution in [0.5, 0.6) is 0 Å². The lowest BCUT2D eigenvalue weighted by atomic mass is 9.79. The molecule has 5 heteroatoms. The van der Waals surface area contributed by atoms with Crippen LogP contribution in [-0.4, -0.2) is 18.3 Å². The first-order chi connectivity index (χ1) is 10.8. The molecule has 0 unspecified atom stereocenters. The highest BCUT2D eigenvalue weighted by molar-refractivity contribution is 6.63. The summed E-state index contributed by atoms with van der Waals surface area (Å²) in [4.78, 5) is 0. The molecule has 3 nitrogen and oxygen atoms in total. The first-order valence-electron chi connectivity index (χ1n) is 7.75. The minimum Gasteiger partial charge on any atom is -0.456 e. The molecule has 4 rings (SSSR count). The average molecular weight is 329 g/mol. The van der Waals surface area contributed by atoms with E-state index in [1.807, 2.05) is 64.1 Å². The Bertz CT molecular complexity index is 897. The summed E-state index contributed by atoms with van der Waals surface area (Å²) in [5.41, 5.74) is 1.69. The molecule has 3 aromatic rings. The van der Waals surface area contributed by atoms with Crippen molar-refractivity contribution in [3.63, 3.8) is 0 Å². The number of para-hydroxylation sites is 1. The summed E-state index contributed by atoms with van der Waals surface area (Å²) in [7, 11) is -0.449. The van der Waals surface area contributed by atoms with E-state index in [1.165, 1.54) is 0 Å². The summed E-state index contributed by atoms with van der Waals surface area (Å²) >= 11 is 6.53. The molecular weight excluding hydrogens is 310 g/mol. The molecule has 0 radical (unpaired) electrons. The zero-order valence-corrected chi connectivity index (χ0v) is 14.4. The van der Waals surface area contributed by atoms with Crippen LogP contribution >= 0.6 is 11.6 Å². The lowest BCUT2D eigenvalue weighted by Crippen LogP contribution is -2.41. The molecule has 0 aliphatic carbocycles. The Balaban J connectivity index is 1.85. The van der Waals surface area contributed by atoms with Gasteiger partial charge in [-0.1, -0.05) is 29.8 Å². The molecule has 1 aliphatic rings. The Kier molecular flexibility index (Phi) is 3.12. The van der Waals surface area contributed by atoms with Crippen molar-refractivity contribution in [2.24, 2.45) is 0 Å². The molecule has 2 heterocycles. The maximum Gasteiger partial charge on any atom is 0.495 e. The number of fused-ring (bicyclic) bond motifs is 3. The second-order valence-electron chi connectivity index (χ2n) is 7.06. The summed E-state index contributed by atoms with van der Waals surface area (Å²) in [5, 5.41) is 2.60. The molecule has 0 N–H and O–H groups in total. The van der Waals surface area contributed by atoms with Gasteiger partial charge in [-0.3, -0.25) is 0 Å². The number of halogens is 1. The molecule has 0 amide bonds. The van der Waals surface area contributed by atoms with Crippen molar-refractivity contribution >= 4 is 46.1 Å². The van der Waals surface area contributed by atoms with Crippen LogP contribution in [0.2, 0.25) is 5.02 Å². The van der Waals surface area contributed by atoms with Crippen LogP contribution in [0.3, 0.4) is 0 Å². The van der Waals surface area contributed by atoms with Gasteiger partial charge in [-0.15, -0.1) is 0 Å². The third-order valence-corrected chi connectivity index (χ3v) is 5.28. The molecule has 118 valence electrons. The molecule has 0 atom stereocenters. The van der Waals surface area contributed by atoms with Crippen LogP contribution in [0.4, 0.5) is 0 Å².